The molecule has 0 spiro atoms. The van der Waals surface area contributed by atoms with E-state index in [9.17, 15) is 0 Å². The van der Waals surface area contributed by atoms with Crippen LogP contribution < -0.4 is 0 Å². The minimum atomic E-state index is 0.722. The fraction of sp³-hybridized carbons (Fsp3) is 0.636. The third-order valence-electron chi connectivity index (χ3n) is 2.85. The molecule has 3 unspecified atom stereocenters. The molecule has 0 aliphatic heterocycles. The van der Waals surface area contributed by atoms with Crippen molar-refractivity contribution in [2.45, 2.75) is 26.7 Å². The van der Waals surface area contributed by atoms with Crippen LogP contribution in [0.4, 0.5) is 0 Å². The van der Waals surface area contributed by atoms with Crippen LogP contribution in [-0.4, -0.2) is 0 Å². The maximum atomic E-state index is 3.88. The minimum Gasteiger partial charge on any atom is -0.103 e. The zero-order chi connectivity index (χ0) is 8.27. The molecule has 0 saturated carbocycles. The number of allylic oxidation sites excluding steroid dienone is 3. The summed E-state index contributed by atoms with van der Waals surface area (Å²) in [7, 11) is 0. The summed E-state index contributed by atoms with van der Waals surface area (Å²) in [5.74, 6) is 2.32. The van der Waals surface area contributed by atoms with Crippen LogP contribution in [0.1, 0.15) is 26.7 Å². The van der Waals surface area contributed by atoms with Crippen molar-refractivity contribution in [3.05, 3.63) is 24.8 Å². The third kappa shape index (κ3) is 1.74. The Morgan fingerprint density at radius 3 is 2.82 bits per heavy atom. The van der Waals surface area contributed by atoms with Crippen LogP contribution in [0.15, 0.2) is 24.8 Å². The average Bonchev–Trinajstić information content (AvgIpc) is 2.40. The molecule has 0 aromatic carbocycles. The zero-order valence-corrected chi connectivity index (χ0v) is 7.59. The molecule has 0 heterocycles. The molecule has 62 valence electrons. The van der Waals surface area contributed by atoms with Gasteiger partial charge >= 0.3 is 0 Å². The smallest absolute Gasteiger partial charge is 0.0202 e. The largest absolute Gasteiger partial charge is 0.103 e. The van der Waals surface area contributed by atoms with E-state index in [1.165, 1.54) is 12.8 Å². The van der Waals surface area contributed by atoms with E-state index in [4.69, 9.17) is 0 Å². The Hall–Kier alpha value is -0.520. The topological polar surface area (TPSA) is 0 Å². The predicted molar refractivity (Wildman–Crippen MR) is 50.4 cm³/mol. The summed E-state index contributed by atoms with van der Waals surface area (Å²) < 4.78 is 0. The number of hydrogen-bond acceptors (Lipinski definition) is 0. The standard InChI is InChI=1S/C11H18/c1-4-10(5-2)11-8-6-7-9(11)3/h4,6-7,9-11H,1,5,8H2,2-3H3. The van der Waals surface area contributed by atoms with Gasteiger partial charge in [0.15, 0.2) is 0 Å². The average molecular weight is 150 g/mol. The van der Waals surface area contributed by atoms with E-state index < -0.39 is 0 Å². The van der Waals surface area contributed by atoms with Crippen molar-refractivity contribution in [3.8, 4) is 0 Å². The second-order valence-corrected chi connectivity index (χ2v) is 3.49. The highest BCUT2D eigenvalue weighted by atomic mass is 14.3. The molecule has 0 bridgehead atoms. The molecule has 1 aliphatic carbocycles. The van der Waals surface area contributed by atoms with Crippen molar-refractivity contribution in [1.29, 1.82) is 0 Å². The molecule has 1 aliphatic rings. The molecule has 0 aromatic heterocycles. The Kier molecular flexibility index (Phi) is 2.92. The Balaban J connectivity index is 2.52. The van der Waals surface area contributed by atoms with Crippen molar-refractivity contribution >= 4 is 0 Å². The van der Waals surface area contributed by atoms with Gasteiger partial charge in [-0.25, -0.2) is 0 Å². The van der Waals surface area contributed by atoms with E-state index in [1.54, 1.807) is 0 Å². The van der Waals surface area contributed by atoms with Gasteiger partial charge in [0, 0.05) is 0 Å². The summed E-state index contributed by atoms with van der Waals surface area (Å²) in [4.78, 5) is 0. The van der Waals surface area contributed by atoms with Gasteiger partial charge in [0.25, 0.3) is 0 Å². The normalized spacial score (nSPS) is 32.2. The van der Waals surface area contributed by atoms with E-state index in [1.807, 2.05) is 0 Å². The van der Waals surface area contributed by atoms with Crippen LogP contribution in [0, 0.1) is 17.8 Å². The van der Waals surface area contributed by atoms with Crippen LogP contribution in [0.25, 0.3) is 0 Å². The molecule has 11 heavy (non-hydrogen) atoms. The summed E-state index contributed by atoms with van der Waals surface area (Å²) in [6.45, 7) is 8.44. The molecule has 0 nitrogen and oxygen atoms in total. The molecule has 0 aromatic rings. The first-order valence-corrected chi connectivity index (χ1v) is 4.58. The second-order valence-electron chi connectivity index (χ2n) is 3.49. The van der Waals surface area contributed by atoms with Crippen molar-refractivity contribution in [2.24, 2.45) is 17.8 Å². The van der Waals surface area contributed by atoms with Crippen LogP contribution >= 0.6 is 0 Å². The van der Waals surface area contributed by atoms with E-state index in [-0.39, 0.29) is 0 Å². The van der Waals surface area contributed by atoms with Gasteiger partial charge in [-0.05, 0) is 30.6 Å². The molecule has 1 rings (SSSR count). The highest BCUT2D eigenvalue weighted by molar-refractivity contribution is 5.03. The molecule has 3 atom stereocenters. The number of hydrogen-bond donors (Lipinski definition) is 0. The lowest BCUT2D eigenvalue weighted by Crippen LogP contribution is -2.14. The first kappa shape index (κ1) is 8.58. The lowest BCUT2D eigenvalue weighted by molar-refractivity contribution is 0.336. The summed E-state index contributed by atoms with van der Waals surface area (Å²) in [5.41, 5.74) is 0. The third-order valence-corrected chi connectivity index (χ3v) is 2.85. The Bertz CT molecular complexity index is 155. The quantitative estimate of drug-likeness (QED) is 0.541. The van der Waals surface area contributed by atoms with Gasteiger partial charge < -0.3 is 0 Å². The molecular weight excluding hydrogens is 132 g/mol. The Morgan fingerprint density at radius 2 is 2.45 bits per heavy atom. The first-order valence-electron chi connectivity index (χ1n) is 4.58. The van der Waals surface area contributed by atoms with Gasteiger partial charge in [-0.3, -0.25) is 0 Å². The van der Waals surface area contributed by atoms with Crippen LogP contribution in [0.2, 0.25) is 0 Å². The lowest BCUT2D eigenvalue weighted by Gasteiger charge is -2.22. The van der Waals surface area contributed by atoms with Gasteiger partial charge in [-0.2, -0.15) is 0 Å². The minimum absolute atomic E-state index is 0.722. The van der Waals surface area contributed by atoms with Crippen LogP contribution in [0.5, 0.6) is 0 Å². The molecule has 0 heteroatoms. The first-order chi connectivity index (χ1) is 5.29. The monoisotopic (exact) mass is 150 g/mol. The summed E-state index contributed by atoms with van der Waals surface area (Å²) >= 11 is 0. The predicted octanol–water partition coefficient (Wildman–Crippen LogP) is 3.41. The SMILES string of the molecule is C=CC(CC)C1CC=CC1C. The van der Waals surface area contributed by atoms with Gasteiger partial charge in [0.1, 0.15) is 0 Å². The maximum Gasteiger partial charge on any atom is -0.0202 e. The second kappa shape index (κ2) is 3.75. The maximum absolute atomic E-state index is 3.88. The van der Waals surface area contributed by atoms with E-state index in [2.05, 4.69) is 38.7 Å². The van der Waals surface area contributed by atoms with Crippen molar-refractivity contribution in [2.75, 3.05) is 0 Å². The van der Waals surface area contributed by atoms with Gasteiger partial charge in [-0.15, -0.1) is 6.58 Å². The summed E-state index contributed by atoms with van der Waals surface area (Å²) in [6, 6.07) is 0. The van der Waals surface area contributed by atoms with Crippen LogP contribution in [-0.2, 0) is 0 Å². The fourth-order valence-corrected chi connectivity index (χ4v) is 2.02. The highest BCUT2D eigenvalue weighted by Crippen LogP contribution is 2.33. The van der Waals surface area contributed by atoms with Crippen molar-refractivity contribution in [3.63, 3.8) is 0 Å². The molecule has 0 N–H and O–H groups in total. The zero-order valence-electron chi connectivity index (χ0n) is 7.59. The van der Waals surface area contributed by atoms with Gasteiger partial charge in [0.2, 0.25) is 0 Å². The Morgan fingerprint density at radius 1 is 1.73 bits per heavy atom. The van der Waals surface area contributed by atoms with Gasteiger partial charge in [-0.1, -0.05) is 32.1 Å². The van der Waals surface area contributed by atoms with Crippen molar-refractivity contribution in [1.82, 2.24) is 0 Å². The molecule has 0 radical (unpaired) electrons. The number of rotatable bonds is 3. The van der Waals surface area contributed by atoms with E-state index >= 15 is 0 Å². The Labute approximate surface area is 70.0 Å². The molecule has 0 fully saturated rings. The van der Waals surface area contributed by atoms with E-state index in [0.29, 0.717) is 0 Å². The molecular formula is C11H18. The molecule has 0 amide bonds. The highest BCUT2D eigenvalue weighted by Gasteiger charge is 2.23. The van der Waals surface area contributed by atoms with Crippen LogP contribution in [0.3, 0.4) is 0 Å². The summed E-state index contributed by atoms with van der Waals surface area (Å²) in [5, 5.41) is 0. The summed E-state index contributed by atoms with van der Waals surface area (Å²) in [6.07, 6.45) is 9.25. The lowest BCUT2D eigenvalue weighted by atomic mass is 9.83. The fourth-order valence-electron chi connectivity index (χ4n) is 2.02. The molecule has 0 saturated heterocycles. The van der Waals surface area contributed by atoms with E-state index in [0.717, 1.165) is 17.8 Å². The van der Waals surface area contributed by atoms with Crippen molar-refractivity contribution < 1.29 is 0 Å². The van der Waals surface area contributed by atoms with Gasteiger partial charge in [0.05, 0.1) is 0 Å².